The molecule has 0 bridgehead atoms. The van der Waals surface area contributed by atoms with Crippen LogP contribution >= 0.6 is 15.9 Å². The van der Waals surface area contributed by atoms with Crippen LogP contribution in [-0.2, 0) is 0 Å². The molecule has 1 aliphatic rings. The van der Waals surface area contributed by atoms with Crippen molar-refractivity contribution < 1.29 is 19.0 Å². The van der Waals surface area contributed by atoms with Crippen molar-refractivity contribution in [3.8, 4) is 17.2 Å². The van der Waals surface area contributed by atoms with Crippen molar-refractivity contribution in [2.24, 2.45) is 5.10 Å². The van der Waals surface area contributed by atoms with Crippen molar-refractivity contribution in [3.63, 3.8) is 0 Å². The first kappa shape index (κ1) is 16.3. The molecular formula is C17H15BrN2O4. The zero-order valence-electron chi connectivity index (χ0n) is 12.9. The molecule has 1 amide bonds. The SMILES string of the molecule is CCOc1ccc(Br)cc1C(=O)N/N=C\c1ccc2c(c1)OCO2. The van der Waals surface area contributed by atoms with E-state index < -0.39 is 0 Å². The summed E-state index contributed by atoms with van der Waals surface area (Å²) in [6.45, 7) is 2.56. The molecule has 124 valence electrons. The number of halogens is 1. The summed E-state index contributed by atoms with van der Waals surface area (Å²) in [5, 5.41) is 3.98. The van der Waals surface area contributed by atoms with Gasteiger partial charge in [0.25, 0.3) is 5.91 Å². The van der Waals surface area contributed by atoms with Gasteiger partial charge < -0.3 is 14.2 Å². The van der Waals surface area contributed by atoms with Crippen molar-refractivity contribution in [3.05, 3.63) is 52.0 Å². The number of ether oxygens (including phenoxy) is 3. The molecule has 6 nitrogen and oxygen atoms in total. The lowest BCUT2D eigenvalue weighted by Gasteiger charge is -2.09. The molecule has 3 rings (SSSR count). The van der Waals surface area contributed by atoms with Crippen LogP contribution in [0.15, 0.2) is 46.0 Å². The smallest absolute Gasteiger partial charge is 0.275 e. The standard InChI is InChI=1S/C17H15BrN2O4/c1-2-22-14-6-4-12(18)8-13(14)17(21)20-19-9-11-3-5-15-16(7-11)24-10-23-15/h3-9H,2,10H2,1H3,(H,20,21)/b19-9-. The van der Waals surface area contributed by atoms with Crippen LogP contribution in [0.2, 0.25) is 0 Å². The predicted molar refractivity (Wildman–Crippen MR) is 92.9 cm³/mol. The van der Waals surface area contributed by atoms with Gasteiger partial charge in [0, 0.05) is 4.47 Å². The Kier molecular flexibility index (Phi) is 5.00. The largest absolute Gasteiger partial charge is 0.493 e. The second kappa shape index (κ2) is 7.35. The number of nitrogens with zero attached hydrogens (tertiary/aromatic N) is 1. The van der Waals surface area contributed by atoms with Gasteiger partial charge in [0.2, 0.25) is 6.79 Å². The summed E-state index contributed by atoms with van der Waals surface area (Å²) in [5.74, 6) is 1.52. The van der Waals surface area contributed by atoms with E-state index in [0.717, 1.165) is 10.0 Å². The lowest BCUT2D eigenvalue weighted by Crippen LogP contribution is -2.18. The first-order valence-electron chi connectivity index (χ1n) is 7.33. The molecule has 1 heterocycles. The number of carbonyl (C=O) groups excluding carboxylic acids is 1. The average molecular weight is 391 g/mol. The van der Waals surface area contributed by atoms with Crippen LogP contribution in [0.3, 0.4) is 0 Å². The zero-order chi connectivity index (χ0) is 16.9. The Bertz CT molecular complexity index is 792. The van der Waals surface area contributed by atoms with Crippen molar-refractivity contribution in [2.45, 2.75) is 6.92 Å². The van der Waals surface area contributed by atoms with Crippen LogP contribution in [-0.4, -0.2) is 25.5 Å². The van der Waals surface area contributed by atoms with Gasteiger partial charge in [-0.15, -0.1) is 0 Å². The highest BCUT2D eigenvalue weighted by Crippen LogP contribution is 2.32. The van der Waals surface area contributed by atoms with Gasteiger partial charge in [-0.2, -0.15) is 5.10 Å². The molecule has 1 N–H and O–H groups in total. The molecule has 1 aliphatic heterocycles. The Labute approximate surface area is 147 Å². The Hall–Kier alpha value is -2.54. The van der Waals surface area contributed by atoms with E-state index in [4.69, 9.17) is 14.2 Å². The van der Waals surface area contributed by atoms with E-state index in [2.05, 4.69) is 26.5 Å². The molecule has 2 aromatic carbocycles. The summed E-state index contributed by atoms with van der Waals surface area (Å²) in [5.41, 5.74) is 3.70. The molecule has 0 radical (unpaired) electrons. The highest BCUT2D eigenvalue weighted by molar-refractivity contribution is 9.10. The summed E-state index contributed by atoms with van der Waals surface area (Å²) in [4.78, 5) is 12.3. The van der Waals surface area contributed by atoms with Gasteiger partial charge in [0.1, 0.15) is 5.75 Å². The highest BCUT2D eigenvalue weighted by Gasteiger charge is 2.14. The van der Waals surface area contributed by atoms with E-state index in [1.54, 1.807) is 24.3 Å². The number of hydrogen-bond acceptors (Lipinski definition) is 5. The van der Waals surface area contributed by atoms with Gasteiger partial charge >= 0.3 is 0 Å². The second-order valence-corrected chi connectivity index (χ2v) is 5.80. The van der Waals surface area contributed by atoms with Gasteiger partial charge in [0.05, 0.1) is 18.4 Å². The van der Waals surface area contributed by atoms with Crippen LogP contribution in [0, 0.1) is 0 Å². The van der Waals surface area contributed by atoms with Gasteiger partial charge in [-0.25, -0.2) is 5.43 Å². The van der Waals surface area contributed by atoms with Gasteiger partial charge in [-0.3, -0.25) is 4.79 Å². The van der Waals surface area contributed by atoms with E-state index >= 15 is 0 Å². The molecule has 0 aliphatic carbocycles. The van der Waals surface area contributed by atoms with Crippen LogP contribution in [0.5, 0.6) is 17.2 Å². The van der Waals surface area contributed by atoms with Crippen molar-refractivity contribution in [2.75, 3.05) is 13.4 Å². The summed E-state index contributed by atoms with van der Waals surface area (Å²) < 4.78 is 16.8. The summed E-state index contributed by atoms with van der Waals surface area (Å²) in [6.07, 6.45) is 1.54. The van der Waals surface area contributed by atoms with E-state index in [9.17, 15) is 4.79 Å². The molecule has 7 heteroatoms. The number of carbonyl (C=O) groups is 1. The second-order valence-electron chi connectivity index (χ2n) is 4.89. The fourth-order valence-corrected chi connectivity index (χ4v) is 2.54. The third-order valence-corrected chi connectivity index (χ3v) is 3.76. The number of nitrogens with one attached hydrogen (secondary N) is 1. The number of rotatable bonds is 5. The van der Waals surface area contributed by atoms with Crippen molar-refractivity contribution in [1.82, 2.24) is 5.43 Å². The molecular weight excluding hydrogens is 376 g/mol. The van der Waals surface area contributed by atoms with Crippen molar-refractivity contribution in [1.29, 1.82) is 0 Å². The minimum Gasteiger partial charge on any atom is -0.493 e. The number of benzene rings is 2. The minimum atomic E-state index is -0.350. The van der Waals surface area contributed by atoms with E-state index in [0.29, 0.717) is 29.4 Å². The maximum Gasteiger partial charge on any atom is 0.275 e. The molecule has 0 atom stereocenters. The molecule has 0 unspecified atom stereocenters. The zero-order valence-corrected chi connectivity index (χ0v) is 14.5. The van der Waals surface area contributed by atoms with Crippen LogP contribution in [0.25, 0.3) is 0 Å². The van der Waals surface area contributed by atoms with Crippen molar-refractivity contribution >= 4 is 28.1 Å². The topological polar surface area (TPSA) is 69.2 Å². The molecule has 0 fully saturated rings. The Morgan fingerprint density at radius 3 is 2.96 bits per heavy atom. The summed E-state index contributed by atoms with van der Waals surface area (Å²) >= 11 is 3.35. The summed E-state index contributed by atoms with van der Waals surface area (Å²) in [7, 11) is 0. The fourth-order valence-electron chi connectivity index (χ4n) is 2.18. The predicted octanol–water partition coefficient (Wildman–Crippen LogP) is 3.34. The molecule has 0 saturated carbocycles. The van der Waals surface area contributed by atoms with Crippen LogP contribution in [0.1, 0.15) is 22.8 Å². The number of hydrazone groups is 1. The minimum absolute atomic E-state index is 0.218. The van der Waals surface area contributed by atoms with E-state index in [1.165, 1.54) is 6.21 Å². The van der Waals surface area contributed by atoms with E-state index in [1.807, 2.05) is 19.1 Å². The van der Waals surface area contributed by atoms with E-state index in [-0.39, 0.29) is 12.7 Å². The van der Waals surface area contributed by atoms with Gasteiger partial charge in [0.15, 0.2) is 11.5 Å². The third kappa shape index (κ3) is 3.68. The molecule has 0 saturated heterocycles. The first-order chi connectivity index (χ1) is 11.7. The maximum atomic E-state index is 12.3. The Morgan fingerprint density at radius 2 is 2.12 bits per heavy atom. The third-order valence-electron chi connectivity index (χ3n) is 3.26. The lowest BCUT2D eigenvalue weighted by molar-refractivity contribution is 0.0951. The van der Waals surface area contributed by atoms with Crippen LogP contribution < -0.4 is 19.6 Å². The fraction of sp³-hybridized carbons (Fsp3) is 0.176. The quantitative estimate of drug-likeness (QED) is 0.627. The monoisotopic (exact) mass is 390 g/mol. The Morgan fingerprint density at radius 1 is 1.29 bits per heavy atom. The average Bonchev–Trinajstić information content (AvgIpc) is 3.04. The molecule has 24 heavy (non-hydrogen) atoms. The molecule has 2 aromatic rings. The van der Waals surface area contributed by atoms with Gasteiger partial charge in [-0.1, -0.05) is 15.9 Å². The van der Waals surface area contributed by atoms with Gasteiger partial charge in [-0.05, 0) is 48.9 Å². The molecule has 0 aromatic heterocycles. The first-order valence-corrected chi connectivity index (χ1v) is 8.12. The number of fused-ring (bicyclic) bond motifs is 1. The van der Waals surface area contributed by atoms with Crippen LogP contribution in [0.4, 0.5) is 0 Å². The molecule has 0 spiro atoms. The maximum absolute atomic E-state index is 12.3. The number of amides is 1. The highest BCUT2D eigenvalue weighted by atomic mass is 79.9. The Balaban J connectivity index is 1.70. The number of hydrogen-bond donors (Lipinski definition) is 1. The lowest BCUT2D eigenvalue weighted by atomic mass is 10.2. The summed E-state index contributed by atoms with van der Waals surface area (Å²) in [6, 6.07) is 10.7. The normalized spacial score (nSPS) is 12.4.